The highest BCUT2D eigenvalue weighted by Crippen LogP contribution is 2.85. The standard InChI is InChI=1S/C20H30O3/c1-17-5-4-6-18(2,16(22)23)13(17)8-15(21)20-9-12-11(7-14(17)20)19(12,3)10-20/h11-15,21H,4-10H2,1-3H3,(H,22,23)/t11-,12+,13-,14-,15-,17+,18+,19-,20+/m0/s1. The van der Waals surface area contributed by atoms with Crippen molar-refractivity contribution in [3.05, 3.63) is 0 Å². The first-order valence-electron chi connectivity index (χ1n) is 9.60. The van der Waals surface area contributed by atoms with Crippen LogP contribution in [0.1, 0.15) is 65.7 Å². The summed E-state index contributed by atoms with van der Waals surface area (Å²) in [6.45, 7) is 6.78. The number of carbonyl (C=O) groups is 1. The van der Waals surface area contributed by atoms with Crippen LogP contribution in [0.5, 0.6) is 0 Å². The second kappa shape index (κ2) is 3.81. The first kappa shape index (κ1) is 14.7. The predicted molar refractivity (Wildman–Crippen MR) is 86.7 cm³/mol. The van der Waals surface area contributed by atoms with Crippen molar-refractivity contribution < 1.29 is 15.0 Å². The first-order valence-corrected chi connectivity index (χ1v) is 9.60. The molecule has 6 aliphatic rings. The number of aliphatic hydroxyl groups is 1. The van der Waals surface area contributed by atoms with Gasteiger partial charge in [-0.25, -0.2) is 0 Å². The Labute approximate surface area is 138 Å². The van der Waals surface area contributed by atoms with Gasteiger partial charge in [-0.1, -0.05) is 20.3 Å². The number of aliphatic hydroxyl groups excluding tert-OH is 1. The fraction of sp³-hybridized carbons (Fsp3) is 0.950. The molecule has 0 aromatic rings. The van der Waals surface area contributed by atoms with E-state index in [2.05, 4.69) is 13.8 Å². The molecule has 6 rings (SSSR count). The van der Waals surface area contributed by atoms with Gasteiger partial charge in [0, 0.05) is 5.41 Å². The molecule has 0 aromatic heterocycles. The summed E-state index contributed by atoms with van der Waals surface area (Å²) in [5, 5.41) is 21.1. The maximum Gasteiger partial charge on any atom is 0.309 e. The Balaban J connectivity index is 1.60. The van der Waals surface area contributed by atoms with Gasteiger partial charge in [-0.2, -0.15) is 0 Å². The zero-order chi connectivity index (χ0) is 16.4. The molecular formula is C20H30O3. The van der Waals surface area contributed by atoms with Crippen molar-refractivity contribution in [3.8, 4) is 0 Å². The van der Waals surface area contributed by atoms with Gasteiger partial charge in [0.05, 0.1) is 11.5 Å². The van der Waals surface area contributed by atoms with E-state index in [0.29, 0.717) is 17.8 Å². The van der Waals surface area contributed by atoms with E-state index in [0.717, 1.165) is 31.1 Å². The average molecular weight is 318 g/mol. The van der Waals surface area contributed by atoms with Crippen molar-refractivity contribution in [2.75, 3.05) is 0 Å². The minimum absolute atomic E-state index is 0.107. The molecule has 0 aliphatic heterocycles. The van der Waals surface area contributed by atoms with Gasteiger partial charge in [-0.3, -0.25) is 4.79 Å². The molecule has 23 heavy (non-hydrogen) atoms. The molecule has 6 saturated carbocycles. The summed E-state index contributed by atoms with van der Waals surface area (Å²) >= 11 is 0. The highest BCUT2D eigenvalue weighted by atomic mass is 16.4. The average Bonchev–Trinajstić information content (AvgIpc) is 2.93. The lowest BCUT2D eigenvalue weighted by Gasteiger charge is -2.66. The van der Waals surface area contributed by atoms with Crippen molar-refractivity contribution >= 4 is 5.97 Å². The minimum atomic E-state index is -0.650. The van der Waals surface area contributed by atoms with Crippen LogP contribution >= 0.6 is 0 Å². The summed E-state index contributed by atoms with van der Waals surface area (Å²) < 4.78 is 0. The highest BCUT2D eigenvalue weighted by molar-refractivity contribution is 5.75. The van der Waals surface area contributed by atoms with E-state index in [9.17, 15) is 15.0 Å². The van der Waals surface area contributed by atoms with Crippen molar-refractivity contribution in [1.29, 1.82) is 0 Å². The van der Waals surface area contributed by atoms with E-state index in [4.69, 9.17) is 0 Å². The quantitative estimate of drug-likeness (QED) is 0.775. The fourth-order valence-electron chi connectivity index (χ4n) is 8.77. The highest BCUT2D eigenvalue weighted by Gasteiger charge is 2.80. The van der Waals surface area contributed by atoms with E-state index in [1.807, 2.05) is 6.92 Å². The lowest BCUT2D eigenvalue weighted by molar-refractivity contribution is -0.219. The van der Waals surface area contributed by atoms with Gasteiger partial charge in [-0.05, 0) is 80.0 Å². The Morgan fingerprint density at radius 3 is 2.35 bits per heavy atom. The molecule has 1 spiro atoms. The normalized spacial score (nSPS) is 65.7. The number of aliphatic carboxylic acids is 1. The van der Waals surface area contributed by atoms with Gasteiger partial charge in [0.1, 0.15) is 0 Å². The van der Waals surface area contributed by atoms with Crippen LogP contribution in [-0.2, 0) is 4.79 Å². The number of fused-ring (bicyclic) bond motifs is 1. The van der Waals surface area contributed by atoms with E-state index in [1.165, 1.54) is 19.3 Å². The smallest absolute Gasteiger partial charge is 0.309 e. The lowest BCUT2D eigenvalue weighted by Crippen LogP contribution is -2.64. The van der Waals surface area contributed by atoms with Crippen molar-refractivity contribution in [2.45, 2.75) is 71.8 Å². The molecular weight excluding hydrogens is 288 g/mol. The Hall–Kier alpha value is -0.570. The van der Waals surface area contributed by atoms with Crippen molar-refractivity contribution in [2.24, 2.45) is 45.3 Å². The maximum absolute atomic E-state index is 12.1. The molecule has 3 heteroatoms. The Morgan fingerprint density at radius 2 is 1.74 bits per heavy atom. The Bertz CT molecular complexity index is 602. The lowest BCUT2D eigenvalue weighted by atomic mass is 9.39. The van der Waals surface area contributed by atoms with Gasteiger partial charge in [0.15, 0.2) is 0 Å². The molecule has 128 valence electrons. The number of hydrogen-bond donors (Lipinski definition) is 2. The largest absolute Gasteiger partial charge is 0.481 e. The molecule has 3 nitrogen and oxygen atoms in total. The van der Waals surface area contributed by atoms with E-state index >= 15 is 0 Å². The summed E-state index contributed by atoms with van der Waals surface area (Å²) in [7, 11) is 0. The van der Waals surface area contributed by atoms with Crippen LogP contribution in [-0.4, -0.2) is 22.3 Å². The molecule has 0 radical (unpaired) electrons. The topological polar surface area (TPSA) is 57.5 Å². The van der Waals surface area contributed by atoms with Crippen LogP contribution in [0.2, 0.25) is 0 Å². The van der Waals surface area contributed by atoms with Crippen LogP contribution in [0, 0.1) is 45.3 Å². The summed E-state index contributed by atoms with van der Waals surface area (Å²) in [4.78, 5) is 12.1. The first-order chi connectivity index (χ1) is 10.7. The van der Waals surface area contributed by atoms with Gasteiger partial charge in [0.25, 0.3) is 0 Å². The third-order valence-corrected chi connectivity index (χ3v) is 9.95. The Morgan fingerprint density at radius 1 is 1.00 bits per heavy atom. The summed E-state index contributed by atoms with van der Waals surface area (Å²) in [5.74, 6) is 1.74. The SMILES string of the molecule is C[C@@]12CCC[C@@](C)(C(=O)O)[C@H]1C[C@H](O)[C@@]13C[C@@H]4[C@H](C[C@@H]21)[C@]4(C)C3. The number of carboxylic acids is 1. The monoisotopic (exact) mass is 318 g/mol. The zero-order valence-electron chi connectivity index (χ0n) is 14.6. The second-order valence-corrected chi connectivity index (χ2v) is 10.5. The van der Waals surface area contributed by atoms with Crippen molar-refractivity contribution in [1.82, 2.24) is 0 Å². The molecule has 9 atom stereocenters. The maximum atomic E-state index is 12.1. The van der Waals surface area contributed by atoms with E-state index in [1.54, 1.807) is 0 Å². The molecule has 0 unspecified atom stereocenters. The van der Waals surface area contributed by atoms with E-state index < -0.39 is 11.4 Å². The summed E-state index contributed by atoms with van der Waals surface area (Å²) in [6, 6.07) is 0. The van der Waals surface area contributed by atoms with Crippen LogP contribution < -0.4 is 0 Å². The van der Waals surface area contributed by atoms with Crippen molar-refractivity contribution in [3.63, 3.8) is 0 Å². The van der Waals surface area contributed by atoms with Gasteiger partial charge >= 0.3 is 5.97 Å². The Kier molecular flexibility index (Phi) is 2.45. The third kappa shape index (κ3) is 1.38. The van der Waals surface area contributed by atoms with Crippen LogP contribution in [0.15, 0.2) is 0 Å². The molecule has 6 fully saturated rings. The molecule has 0 heterocycles. The molecule has 4 bridgehead atoms. The molecule has 0 aromatic carbocycles. The summed E-state index contributed by atoms with van der Waals surface area (Å²) in [5.41, 5.74) is 0.0736. The molecule has 6 aliphatic carbocycles. The number of rotatable bonds is 1. The molecule has 2 N–H and O–H groups in total. The second-order valence-electron chi connectivity index (χ2n) is 10.5. The number of hydrogen-bond acceptors (Lipinski definition) is 2. The molecule has 0 amide bonds. The van der Waals surface area contributed by atoms with Gasteiger partial charge in [0.2, 0.25) is 0 Å². The molecule has 0 saturated heterocycles. The van der Waals surface area contributed by atoms with Gasteiger partial charge in [-0.15, -0.1) is 0 Å². The summed E-state index contributed by atoms with van der Waals surface area (Å²) in [6.07, 6.45) is 7.06. The van der Waals surface area contributed by atoms with E-state index in [-0.39, 0.29) is 22.9 Å². The predicted octanol–water partition coefficient (Wildman–Crippen LogP) is 3.70. The van der Waals surface area contributed by atoms with Crippen LogP contribution in [0.4, 0.5) is 0 Å². The zero-order valence-corrected chi connectivity index (χ0v) is 14.6. The third-order valence-electron chi connectivity index (χ3n) is 9.95. The fourth-order valence-corrected chi connectivity index (χ4v) is 8.77. The van der Waals surface area contributed by atoms with Gasteiger partial charge < -0.3 is 10.2 Å². The number of carboxylic acid groups (broad SMARTS) is 1. The van der Waals surface area contributed by atoms with Crippen LogP contribution in [0.25, 0.3) is 0 Å². The van der Waals surface area contributed by atoms with Crippen LogP contribution in [0.3, 0.4) is 0 Å². The minimum Gasteiger partial charge on any atom is -0.481 e.